The van der Waals surface area contributed by atoms with Gasteiger partial charge in [0.15, 0.2) is 0 Å². The molecule has 122 valence electrons. The molecule has 0 atom stereocenters. The fourth-order valence-electron chi connectivity index (χ4n) is 2.12. The van der Waals surface area contributed by atoms with Crippen molar-refractivity contribution in [2.45, 2.75) is 13.5 Å². The summed E-state index contributed by atoms with van der Waals surface area (Å²) in [6.45, 7) is 1.67. The molecule has 1 amide bonds. The zero-order valence-corrected chi connectivity index (χ0v) is 13.5. The highest BCUT2D eigenvalue weighted by molar-refractivity contribution is 6.30. The minimum atomic E-state index is -0.352. The monoisotopic (exact) mass is 345 g/mol. The minimum absolute atomic E-state index is 0.0722. The van der Waals surface area contributed by atoms with Crippen LogP contribution in [-0.4, -0.2) is 16.0 Å². The number of nitrogens with one attached hydrogen (secondary N) is 1. The fraction of sp³-hybridized carbons (Fsp3) is 0.118. The van der Waals surface area contributed by atoms with E-state index < -0.39 is 0 Å². The van der Waals surface area contributed by atoms with Crippen molar-refractivity contribution >= 4 is 17.5 Å². The van der Waals surface area contributed by atoms with Gasteiger partial charge in [-0.05, 0) is 42.8 Å². The molecule has 0 radical (unpaired) electrons. The Morgan fingerprint density at radius 2 is 2.12 bits per heavy atom. The lowest BCUT2D eigenvalue weighted by Gasteiger charge is -2.04. The summed E-state index contributed by atoms with van der Waals surface area (Å²) in [5.74, 6) is -0.0493. The quantitative estimate of drug-likeness (QED) is 0.781. The van der Waals surface area contributed by atoms with Gasteiger partial charge < -0.3 is 9.84 Å². The molecule has 3 aromatic rings. The first-order chi connectivity index (χ1) is 11.5. The van der Waals surface area contributed by atoms with Crippen LogP contribution in [0.15, 0.2) is 47.0 Å². The molecule has 7 heteroatoms. The number of amides is 1. The van der Waals surface area contributed by atoms with E-state index in [1.165, 1.54) is 18.2 Å². The van der Waals surface area contributed by atoms with Crippen LogP contribution in [0.25, 0.3) is 11.4 Å². The first-order valence-electron chi connectivity index (χ1n) is 7.16. The predicted molar refractivity (Wildman–Crippen MR) is 87.1 cm³/mol. The van der Waals surface area contributed by atoms with Crippen LogP contribution in [-0.2, 0) is 6.54 Å². The van der Waals surface area contributed by atoms with E-state index in [0.29, 0.717) is 22.0 Å². The molecule has 1 heterocycles. The number of halogens is 2. The fourth-order valence-corrected chi connectivity index (χ4v) is 2.31. The highest BCUT2D eigenvalue weighted by atomic mass is 35.5. The Labute approximate surface area is 142 Å². The van der Waals surface area contributed by atoms with Gasteiger partial charge in [0.1, 0.15) is 5.82 Å². The van der Waals surface area contributed by atoms with Crippen LogP contribution in [0, 0.1) is 12.7 Å². The van der Waals surface area contributed by atoms with Gasteiger partial charge in [-0.15, -0.1) is 0 Å². The zero-order valence-electron chi connectivity index (χ0n) is 12.7. The van der Waals surface area contributed by atoms with Crippen molar-refractivity contribution in [3.8, 4) is 11.4 Å². The van der Waals surface area contributed by atoms with Crippen molar-refractivity contribution in [2.75, 3.05) is 0 Å². The van der Waals surface area contributed by atoms with Gasteiger partial charge in [0, 0.05) is 16.1 Å². The number of aromatic nitrogens is 2. The molecule has 0 aliphatic heterocycles. The van der Waals surface area contributed by atoms with Crippen LogP contribution in [0.1, 0.15) is 21.8 Å². The molecule has 0 saturated heterocycles. The number of carbonyl (C=O) groups is 1. The SMILES string of the molecule is Cc1cc(C(=O)NCc2nc(-c3cccc(Cl)c3)no2)ccc1F. The number of nitrogens with zero attached hydrogens (tertiary/aromatic N) is 2. The van der Waals surface area contributed by atoms with Crippen molar-refractivity contribution in [2.24, 2.45) is 0 Å². The lowest BCUT2D eigenvalue weighted by atomic mass is 10.1. The van der Waals surface area contributed by atoms with E-state index in [9.17, 15) is 9.18 Å². The molecule has 1 aromatic heterocycles. The van der Waals surface area contributed by atoms with Crippen LogP contribution in [0.5, 0.6) is 0 Å². The standard InChI is InChI=1S/C17H13ClFN3O2/c1-10-7-12(5-6-14(10)19)17(23)20-9-15-21-16(22-24-15)11-3-2-4-13(18)8-11/h2-8H,9H2,1H3,(H,20,23). The molecule has 0 spiro atoms. The number of benzene rings is 2. The van der Waals surface area contributed by atoms with Gasteiger partial charge in [-0.3, -0.25) is 4.79 Å². The van der Waals surface area contributed by atoms with E-state index >= 15 is 0 Å². The second-order valence-electron chi connectivity index (χ2n) is 5.17. The summed E-state index contributed by atoms with van der Waals surface area (Å²) in [5.41, 5.74) is 1.49. The van der Waals surface area contributed by atoms with Crippen molar-refractivity contribution < 1.29 is 13.7 Å². The Morgan fingerprint density at radius 3 is 2.88 bits per heavy atom. The van der Waals surface area contributed by atoms with Crippen LogP contribution < -0.4 is 5.32 Å². The van der Waals surface area contributed by atoms with Crippen molar-refractivity contribution in [1.29, 1.82) is 0 Å². The third-order valence-electron chi connectivity index (χ3n) is 3.37. The average Bonchev–Trinajstić information content (AvgIpc) is 3.04. The number of rotatable bonds is 4. The molecule has 1 N–H and O–H groups in total. The van der Waals surface area contributed by atoms with E-state index in [1.807, 2.05) is 0 Å². The smallest absolute Gasteiger partial charge is 0.251 e. The number of hydrogen-bond acceptors (Lipinski definition) is 4. The van der Waals surface area contributed by atoms with E-state index in [2.05, 4.69) is 15.5 Å². The lowest BCUT2D eigenvalue weighted by Crippen LogP contribution is -2.23. The van der Waals surface area contributed by atoms with Gasteiger partial charge in [-0.2, -0.15) is 4.98 Å². The largest absolute Gasteiger partial charge is 0.343 e. The van der Waals surface area contributed by atoms with E-state index in [1.54, 1.807) is 31.2 Å². The molecule has 0 aliphatic rings. The Balaban J connectivity index is 1.67. The third kappa shape index (κ3) is 3.60. The Morgan fingerprint density at radius 1 is 1.29 bits per heavy atom. The molecule has 2 aromatic carbocycles. The highest BCUT2D eigenvalue weighted by Crippen LogP contribution is 2.19. The van der Waals surface area contributed by atoms with Gasteiger partial charge in [-0.25, -0.2) is 4.39 Å². The molecule has 0 aliphatic carbocycles. The molecule has 5 nitrogen and oxygen atoms in total. The number of hydrogen-bond donors (Lipinski definition) is 1. The third-order valence-corrected chi connectivity index (χ3v) is 3.61. The van der Waals surface area contributed by atoms with Gasteiger partial charge in [-0.1, -0.05) is 28.9 Å². The van der Waals surface area contributed by atoms with Gasteiger partial charge >= 0.3 is 0 Å². The summed E-state index contributed by atoms with van der Waals surface area (Å²) >= 11 is 5.93. The topological polar surface area (TPSA) is 68.0 Å². The molecule has 0 saturated carbocycles. The molecular weight excluding hydrogens is 333 g/mol. The first-order valence-corrected chi connectivity index (χ1v) is 7.53. The number of aryl methyl sites for hydroxylation is 1. The van der Waals surface area contributed by atoms with E-state index in [0.717, 1.165) is 5.56 Å². The lowest BCUT2D eigenvalue weighted by molar-refractivity contribution is 0.0946. The Bertz CT molecular complexity index is 895. The summed E-state index contributed by atoms with van der Waals surface area (Å²) in [4.78, 5) is 16.3. The Kier molecular flexibility index (Phi) is 4.57. The maximum Gasteiger partial charge on any atom is 0.251 e. The molecule has 3 rings (SSSR count). The summed E-state index contributed by atoms with van der Waals surface area (Å²) in [6, 6.07) is 11.2. The molecule has 0 bridgehead atoms. The van der Waals surface area contributed by atoms with Crippen LogP contribution in [0.3, 0.4) is 0 Å². The maximum absolute atomic E-state index is 13.2. The van der Waals surface area contributed by atoms with E-state index in [-0.39, 0.29) is 24.2 Å². The first kappa shape index (κ1) is 16.1. The molecule has 0 unspecified atom stereocenters. The average molecular weight is 346 g/mol. The van der Waals surface area contributed by atoms with E-state index in [4.69, 9.17) is 16.1 Å². The van der Waals surface area contributed by atoms with Crippen LogP contribution in [0.4, 0.5) is 4.39 Å². The van der Waals surface area contributed by atoms with Crippen molar-refractivity contribution in [3.63, 3.8) is 0 Å². The molecular formula is C17H13ClFN3O2. The van der Waals surface area contributed by atoms with Crippen LogP contribution in [0.2, 0.25) is 5.02 Å². The van der Waals surface area contributed by atoms with Crippen molar-refractivity contribution in [1.82, 2.24) is 15.5 Å². The molecule has 24 heavy (non-hydrogen) atoms. The predicted octanol–water partition coefficient (Wildman–Crippen LogP) is 3.77. The van der Waals surface area contributed by atoms with Crippen molar-refractivity contribution in [3.05, 3.63) is 70.3 Å². The zero-order chi connectivity index (χ0) is 17.1. The summed E-state index contributed by atoms with van der Waals surface area (Å²) in [7, 11) is 0. The van der Waals surface area contributed by atoms with Gasteiger partial charge in [0.05, 0.1) is 6.54 Å². The Hall–Kier alpha value is -2.73. The maximum atomic E-state index is 13.2. The van der Waals surface area contributed by atoms with Gasteiger partial charge in [0.2, 0.25) is 11.7 Å². The number of carbonyl (C=O) groups excluding carboxylic acids is 1. The van der Waals surface area contributed by atoms with Gasteiger partial charge in [0.25, 0.3) is 5.91 Å². The second-order valence-corrected chi connectivity index (χ2v) is 5.61. The summed E-state index contributed by atoms with van der Waals surface area (Å²) in [6.07, 6.45) is 0. The minimum Gasteiger partial charge on any atom is -0.343 e. The summed E-state index contributed by atoms with van der Waals surface area (Å²) < 4.78 is 18.3. The highest BCUT2D eigenvalue weighted by Gasteiger charge is 2.12. The normalized spacial score (nSPS) is 10.6. The molecule has 0 fully saturated rings. The van der Waals surface area contributed by atoms with Crippen LogP contribution >= 0.6 is 11.6 Å². The second kappa shape index (κ2) is 6.80. The summed E-state index contributed by atoms with van der Waals surface area (Å²) in [5, 5.41) is 7.08.